The van der Waals surface area contributed by atoms with Gasteiger partial charge in [0.2, 0.25) is 0 Å². The lowest BCUT2D eigenvalue weighted by Gasteiger charge is -2.11. The van der Waals surface area contributed by atoms with Gasteiger partial charge in [0.1, 0.15) is 0 Å². The van der Waals surface area contributed by atoms with Crippen molar-refractivity contribution in [2.24, 2.45) is 5.73 Å². The highest BCUT2D eigenvalue weighted by Crippen LogP contribution is 2.12. The summed E-state index contributed by atoms with van der Waals surface area (Å²) in [4.78, 5) is 12.0. The zero-order valence-electron chi connectivity index (χ0n) is 12.0. The first kappa shape index (κ1) is 19.9. The van der Waals surface area contributed by atoms with Crippen molar-refractivity contribution >= 4 is 28.2 Å². The van der Waals surface area contributed by atoms with Crippen LogP contribution in [0.3, 0.4) is 0 Å². The molecule has 8 heteroatoms. The van der Waals surface area contributed by atoms with Crippen LogP contribution in [0.4, 0.5) is 0 Å². The van der Waals surface area contributed by atoms with Crippen molar-refractivity contribution in [2.75, 3.05) is 26.0 Å². The van der Waals surface area contributed by atoms with Crippen molar-refractivity contribution in [1.82, 2.24) is 5.32 Å². The Morgan fingerprint density at radius 3 is 2.38 bits per heavy atom. The van der Waals surface area contributed by atoms with E-state index in [1.165, 1.54) is 31.4 Å². The van der Waals surface area contributed by atoms with E-state index >= 15 is 0 Å². The molecule has 0 saturated heterocycles. The first-order valence-electron chi connectivity index (χ1n) is 6.23. The molecule has 3 N–H and O–H groups in total. The van der Waals surface area contributed by atoms with Crippen molar-refractivity contribution < 1.29 is 17.9 Å². The number of amides is 1. The second kappa shape index (κ2) is 8.99. The molecule has 0 unspecified atom stereocenters. The van der Waals surface area contributed by atoms with E-state index in [0.717, 1.165) is 0 Å². The van der Waals surface area contributed by atoms with Gasteiger partial charge in [0, 0.05) is 25.3 Å². The van der Waals surface area contributed by atoms with Crippen LogP contribution in [0.15, 0.2) is 29.2 Å². The van der Waals surface area contributed by atoms with Gasteiger partial charge >= 0.3 is 0 Å². The second-order valence-corrected chi connectivity index (χ2v) is 6.56. The zero-order valence-corrected chi connectivity index (χ0v) is 13.7. The van der Waals surface area contributed by atoms with Crippen LogP contribution in [0, 0.1) is 0 Å². The molecule has 1 aromatic carbocycles. The van der Waals surface area contributed by atoms with Crippen LogP contribution in [0.25, 0.3) is 0 Å². The summed E-state index contributed by atoms with van der Waals surface area (Å²) in [5, 5.41) is 2.70. The van der Waals surface area contributed by atoms with E-state index in [-0.39, 0.29) is 41.6 Å². The van der Waals surface area contributed by atoms with Crippen LogP contribution >= 0.6 is 12.4 Å². The lowest BCUT2D eigenvalue weighted by Crippen LogP contribution is -2.37. The number of carbonyl (C=O) groups is 1. The molecule has 0 heterocycles. The van der Waals surface area contributed by atoms with Gasteiger partial charge in [0.05, 0.1) is 17.3 Å². The topological polar surface area (TPSA) is 98.5 Å². The molecule has 0 spiro atoms. The summed E-state index contributed by atoms with van der Waals surface area (Å²) in [6, 6.07) is 5.68. The molecule has 0 bridgehead atoms. The molecule has 1 amide bonds. The number of hydrogen-bond acceptors (Lipinski definition) is 5. The Kier molecular flexibility index (Phi) is 8.50. The molecular formula is C13H21ClN2O4S. The maximum atomic E-state index is 11.9. The molecule has 1 aromatic rings. The van der Waals surface area contributed by atoms with Crippen LogP contribution in [0.5, 0.6) is 0 Å². The summed E-state index contributed by atoms with van der Waals surface area (Å²) in [6.07, 6.45) is 0. The van der Waals surface area contributed by atoms with E-state index in [1.807, 2.05) is 0 Å². The van der Waals surface area contributed by atoms with Crippen LogP contribution in [-0.4, -0.2) is 46.4 Å². The van der Waals surface area contributed by atoms with Gasteiger partial charge in [-0.15, -0.1) is 12.4 Å². The Balaban J connectivity index is 0.00000400. The van der Waals surface area contributed by atoms with Crippen LogP contribution < -0.4 is 11.1 Å². The van der Waals surface area contributed by atoms with Crippen LogP contribution in [-0.2, 0) is 14.6 Å². The third-order valence-electron chi connectivity index (χ3n) is 2.76. The average molecular weight is 337 g/mol. The fourth-order valence-electron chi connectivity index (χ4n) is 1.49. The van der Waals surface area contributed by atoms with Crippen molar-refractivity contribution in [1.29, 1.82) is 0 Å². The molecule has 0 aliphatic heterocycles. The maximum absolute atomic E-state index is 11.9. The smallest absolute Gasteiger partial charge is 0.251 e. The largest absolute Gasteiger partial charge is 0.384 e. The summed E-state index contributed by atoms with van der Waals surface area (Å²) < 4.78 is 28.6. The molecule has 0 radical (unpaired) electrons. The SMILES string of the molecule is COCCS(=O)(=O)c1ccc(C(=O)N[C@@H](C)CN)cc1.Cl. The summed E-state index contributed by atoms with van der Waals surface area (Å²) >= 11 is 0. The van der Waals surface area contributed by atoms with E-state index in [2.05, 4.69) is 5.32 Å². The standard InChI is InChI=1S/C13H20N2O4S.ClH/c1-10(9-14)15-13(16)11-3-5-12(6-4-11)20(17,18)8-7-19-2;/h3-6,10H,7-9,14H2,1-2H3,(H,15,16);1H/t10-;/m0./s1. The molecule has 0 fully saturated rings. The fraction of sp³-hybridized carbons (Fsp3) is 0.462. The van der Waals surface area contributed by atoms with Crippen LogP contribution in [0.1, 0.15) is 17.3 Å². The van der Waals surface area contributed by atoms with E-state index < -0.39 is 9.84 Å². The molecule has 0 saturated carbocycles. The first-order valence-corrected chi connectivity index (χ1v) is 7.88. The van der Waals surface area contributed by atoms with Gasteiger partial charge in [-0.05, 0) is 31.2 Å². The number of hydrogen-bond donors (Lipinski definition) is 2. The highest BCUT2D eigenvalue weighted by atomic mass is 35.5. The quantitative estimate of drug-likeness (QED) is 0.760. The highest BCUT2D eigenvalue weighted by Gasteiger charge is 2.15. The minimum atomic E-state index is -3.37. The molecule has 0 aromatic heterocycles. The molecular weight excluding hydrogens is 316 g/mol. The van der Waals surface area contributed by atoms with E-state index in [4.69, 9.17) is 10.5 Å². The van der Waals surface area contributed by atoms with Gasteiger partial charge in [-0.2, -0.15) is 0 Å². The third kappa shape index (κ3) is 6.01. The van der Waals surface area contributed by atoms with Crippen molar-refractivity contribution in [2.45, 2.75) is 17.9 Å². The molecule has 0 aliphatic carbocycles. The van der Waals surface area contributed by atoms with Crippen molar-refractivity contribution in [3.63, 3.8) is 0 Å². The van der Waals surface area contributed by atoms with Gasteiger partial charge in [0.25, 0.3) is 5.91 Å². The number of sulfone groups is 1. The molecule has 120 valence electrons. The van der Waals surface area contributed by atoms with Gasteiger partial charge in [-0.3, -0.25) is 4.79 Å². The second-order valence-electron chi connectivity index (χ2n) is 4.45. The summed E-state index contributed by atoms with van der Waals surface area (Å²) in [5.74, 6) is -0.358. The number of methoxy groups -OCH3 is 1. The third-order valence-corrected chi connectivity index (χ3v) is 4.46. The van der Waals surface area contributed by atoms with E-state index in [1.54, 1.807) is 6.92 Å². The minimum absolute atomic E-state index is 0. The molecule has 21 heavy (non-hydrogen) atoms. The number of ether oxygens (including phenoxy) is 1. The molecule has 1 rings (SSSR count). The Morgan fingerprint density at radius 2 is 1.90 bits per heavy atom. The van der Waals surface area contributed by atoms with Gasteiger partial charge in [0.15, 0.2) is 9.84 Å². The van der Waals surface area contributed by atoms with E-state index in [9.17, 15) is 13.2 Å². The number of halogens is 1. The first-order chi connectivity index (χ1) is 9.40. The molecule has 1 atom stereocenters. The predicted octanol–water partition coefficient (Wildman–Crippen LogP) is 0.605. The monoisotopic (exact) mass is 336 g/mol. The number of nitrogens with one attached hydrogen (secondary N) is 1. The Bertz CT molecular complexity index is 546. The average Bonchev–Trinajstić information content (AvgIpc) is 2.45. The Labute approximate surface area is 131 Å². The summed E-state index contributed by atoms with van der Waals surface area (Å²) in [5.41, 5.74) is 5.82. The number of benzene rings is 1. The number of rotatable bonds is 7. The minimum Gasteiger partial charge on any atom is -0.384 e. The predicted molar refractivity (Wildman–Crippen MR) is 83.6 cm³/mol. The summed E-state index contributed by atoms with van der Waals surface area (Å²) in [6.45, 7) is 2.27. The Morgan fingerprint density at radius 1 is 1.33 bits per heavy atom. The van der Waals surface area contributed by atoms with Gasteiger partial charge < -0.3 is 15.8 Å². The number of nitrogens with two attached hydrogens (primary N) is 1. The zero-order chi connectivity index (χ0) is 15.2. The molecule has 6 nitrogen and oxygen atoms in total. The van der Waals surface area contributed by atoms with Crippen molar-refractivity contribution in [3.05, 3.63) is 29.8 Å². The normalized spacial score (nSPS) is 12.3. The Hall–Kier alpha value is -1.15. The maximum Gasteiger partial charge on any atom is 0.251 e. The molecule has 0 aliphatic rings. The van der Waals surface area contributed by atoms with Gasteiger partial charge in [-0.25, -0.2) is 8.42 Å². The van der Waals surface area contributed by atoms with Gasteiger partial charge in [-0.1, -0.05) is 0 Å². The van der Waals surface area contributed by atoms with E-state index in [0.29, 0.717) is 12.1 Å². The summed E-state index contributed by atoms with van der Waals surface area (Å²) in [7, 11) is -1.92. The van der Waals surface area contributed by atoms with Crippen LogP contribution in [0.2, 0.25) is 0 Å². The lowest BCUT2D eigenvalue weighted by molar-refractivity contribution is 0.0941. The lowest BCUT2D eigenvalue weighted by atomic mass is 10.2. The number of carbonyl (C=O) groups excluding carboxylic acids is 1. The van der Waals surface area contributed by atoms with Crippen molar-refractivity contribution in [3.8, 4) is 0 Å². The highest BCUT2D eigenvalue weighted by molar-refractivity contribution is 7.91. The fourth-order valence-corrected chi connectivity index (χ4v) is 2.66.